The molecule has 2 N–H and O–H groups in total. The highest BCUT2D eigenvalue weighted by Crippen LogP contribution is 2.14. The molecule has 5 nitrogen and oxygen atoms in total. The number of H-pyrrole nitrogens is 1. The highest BCUT2D eigenvalue weighted by atomic mass is 16.1. The van der Waals surface area contributed by atoms with Gasteiger partial charge in [0, 0.05) is 30.1 Å². The van der Waals surface area contributed by atoms with Crippen LogP contribution in [0.1, 0.15) is 18.5 Å². The molecule has 5 heteroatoms. The van der Waals surface area contributed by atoms with Crippen LogP contribution in [0, 0.1) is 5.92 Å². The number of hydrogen-bond acceptors (Lipinski definition) is 3. The average Bonchev–Trinajstić information content (AvgIpc) is 2.39. The summed E-state index contributed by atoms with van der Waals surface area (Å²) in [7, 11) is 0. The molecular formula is C14H17N3O2. The van der Waals surface area contributed by atoms with Gasteiger partial charge in [0.05, 0.1) is 0 Å². The largest absolute Gasteiger partial charge is 0.345 e. The lowest BCUT2D eigenvalue weighted by molar-refractivity contribution is 0.373. The Morgan fingerprint density at radius 2 is 2.21 bits per heavy atom. The Bertz CT molecular complexity index is 696. The Morgan fingerprint density at radius 3 is 3.00 bits per heavy atom. The second kappa shape index (κ2) is 5.01. The third kappa shape index (κ3) is 2.61. The van der Waals surface area contributed by atoms with E-state index < -0.39 is 0 Å². The minimum Gasteiger partial charge on any atom is -0.345 e. The molecule has 19 heavy (non-hydrogen) atoms. The number of fused-ring (bicyclic) bond motifs is 1. The molecule has 1 aliphatic rings. The molecule has 0 bridgehead atoms. The quantitative estimate of drug-likeness (QED) is 0.826. The summed E-state index contributed by atoms with van der Waals surface area (Å²) in [4.78, 5) is 26.5. The molecule has 2 aromatic rings. The maximum atomic E-state index is 12.0. The first-order valence-corrected chi connectivity index (χ1v) is 6.68. The fourth-order valence-electron chi connectivity index (χ4n) is 2.71. The maximum Gasteiger partial charge on any atom is 0.257 e. The van der Waals surface area contributed by atoms with Crippen molar-refractivity contribution >= 4 is 5.65 Å². The van der Waals surface area contributed by atoms with E-state index in [1.807, 2.05) is 0 Å². The molecule has 100 valence electrons. The monoisotopic (exact) mass is 259 g/mol. The van der Waals surface area contributed by atoms with Crippen molar-refractivity contribution in [1.29, 1.82) is 0 Å². The number of aromatic amines is 1. The lowest BCUT2D eigenvalue weighted by atomic mass is 9.94. The van der Waals surface area contributed by atoms with E-state index in [1.165, 1.54) is 35.6 Å². The molecule has 0 amide bonds. The second-order valence-electron chi connectivity index (χ2n) is 5.17. The number of nitrogens with one attached hydrogen (secondary N) is 2. The molecular weight excluding hydrogens is 242 g/mol. The Labute approximate surface area is 110 Å². The smallest absolute Gasteiger partial charge is 0.257 e. The summed E-state index contributed by atoms with van der Waals surface area (Å²) in [5.41, 5.74) is 1.29. The minimum absolute atomic E-state index is 0.0903. The van der Waals surface area contributed by atoms with Crippen LogP contribution in [0.25, 0.3) is 5.65 Å². The Morgan fingerprint density at radius 1 is 1.32 bits per heavy atom. The van der Waals surface area contributed by atoms with Crippen molar-refractivity contribution in [2.45, 2.75) is 19.3 Å². The first kappa shape index (κ1) is 12.2. The van der Waals surface area contributed by atoms with Crippen LogP contribution in [0.3, 0.4) is 0 Å². The molecule has 1 saturated heterocycles. The lowest BCUT2D eigenvalue weighted by Gasteiger charge is -2.22. The van der Waals surface area contributed by atoms with Gasteiger partial charge in [-0.15, -0.1) is 0 Å². The summed E-state index contributed by atoms with van der Waals surface area (Å²) < 4.78 is 1.46. The van der Waals surface area contributed by atoms with E-state index >= 15 is 0 Å². The number of piperidine rings is 1. The topological polar surface area (TPSA) is 66.4 Å². The van der Waals surface area contributed by atoms with E-state index in [1.54, 1.807) is 6.07 Å². The fourth-order valence-corrected chi connectivity index (χ4v) is 2.71. The Balaban J connectivity index is 1.95. The van der Waals surface area contributed by atoms with Gasteiger partial charge >= 0.3 is 0 Å². The van der Waals surface area contributed by atoms with Gasteiger partial charge in [0.25, 0.3) is 5.56 Å². The number of aromatic nitrogens is 2. The first-order chi connectivity index (χ1) is 9.22. The summed E-state index contributed by atoms with van der Waals surface area (Å²) in [6.07, 6.45) is 4.73. The SMILES string of the molecule is O=c1ccn2c(=O)cc(CC3CCCNC3)[nH]c2c1. The van der Waals surface area contributed by atoms with Crippen molar-refractivity contribution in [3.63, 3.8) is 0 Å². The van der Waals surface area contributed by atoms with Crippen molar-refractivity contribution in [1.82, 2.24) is 14.7 Å². The molecule has 0 spiro atoms. The van der Waals surface area contributed by atoms with Gasteiger partial charge in [-0.25, -0.2) is 0 Å². The third-order valence-corrected chi connectivity index (χ3v) is 3.66. The maximum absolute atomic E-state index is 12.0. The van der Waals surface area contributed by atoms with Crippen LogP contribution < -0.4 is 16.3 Å². The predicted molar refractivity (Wildman–Crippen MR) is 73.6 cm³/mol. The molecule has 2 aromatic heterocycles. The molecule has 1 unspecified atom stereocenters. The van der Waals surface area contributed by atoms with Gasteiger partial charge < -0.3 is 10.3 Å². The molecule has 1 aliphatic heterocycles. The van der Waals surface area contributed by atoms with Gasteiger partial charge in [-0.1, -0.05) is 0 Å². The standard InChI is InChI=1S/C14H17N3O2/c18-12-3-5-17-13(8-12)16-11(7-14(17)19)6-10-2-1-4-15-9-10/h3,5,7-8,10,15-16H,1-2,4,6,9H2. The van der Waals surface area contributed by atoms with Crippen molar-refractivity contribution < 1.29 is 0 Å². The van der Waals surface area contributed by atoms with Gasteiger partial charge in [0.1, 0.15) is 5.65 Å². The van der Waals surface area contributed by atoms with E-state index in [-0.39, 0.29) is 11.0 Å². The third-order valence-electron chi connectivity index (χ3n) is 3.66. The highest BCUT2D eigenvalue weighted by molar-refractivity contribution is 5.38. The number of pyridine rings is 1. The molecule has 3 rings (SSSR count). The van der Waals surface area contributed by atoms with Gasteiger partial charge in [-0.05, 0) is 38.3 Å². The summed E-state index contributed by atoms with van der Waals surface area (Å²) in [6, 6.07) is 4.49. The Kier molecular flexibility index (Phi) is 3.21. The van der Waals surface area contributed by atoms with Crippen LogP contribution in [-0.4, -0.2) is 22.5 Å². The zero-order chi connectivity index (χ0) is 13.2. The normalized spacial score (nSPS) is 19.7. The van der Waals surface area contributed by atoms with Crippen LogP contribution >= 0.6 is 0 Å². The zero-order valence-electron chi connectivity index (χ0n) is 10.7. The lowest BCUT2D eigenvalue weighted by Crippen LogP contribution is -2.31. The summed E-state index contributed by atoms with van der Waals surface area (Å²) in [5.74, 6) is 0.558. The van der Waals surface area contributed by atoms with Crippen LogP contribution in [0.5, 0.6) is 0 Å². The first-order valence-electron chi connectivity index (χ1n) is 6.68. The molecule has 1 atom stereocenters. The van der Waals surface area contributed by atoms with E-state index in [2.05, 4.69) is 10.3 Å². The van der Waals surface area contributed by atoms with Crippen LogP contribution in [-0.2, 0) is 6.42 Å². The summed E-state index contributed by atoms with van der Waals surface area (Å²) in [5, 5.41) is 3.37. The molecule has 0 aliphatic carbocycles. The van der Waals surface area contributed by atoms with E-state index in [4.69, 9.17) is 0 Å². The molecule has 0 aromatic carbocycles. The van der Waals surface area contributed by atoms with E-state index in [0.29, 0.717) is 11.6 Å². The van der Waals surface area contributed by atoms with Gasteiger partial charge in [0.15, 0.2) is 5.43 Å². The van der Waals surface area contributed by atoms with Crippen LogP contribution in [0.4, 0.5) is 0 Å². The van der Waals surface area contributed by atoms with Gasteiger partial charge in [0.2, 0.25) is 0 Å². The van der Waals surface area contributed by atoms with E-state index in [0.717, 1.165) is 25.2 Å². The van der Waals surface area contributed by atoms with Gasteiger partial charge in [-0.2, -0.15) is 0 Å². The summed E-state index contributed by atoms with van der Waals surface area (Å²) in [6.45, 7) is 2.08. The minimum atomic E-state index is -0.0906. The van der Waals surface area contributed by atoms with Crippen molar-refractivity contribution in [2.24, 2.45) is 5.92 Å². The highest BCUT2D eigenvalue weighted by Gasteiger charge is 2.14. The predicted octanol–water partition coefficient (Wildman–Crippen LogP) is 0.530. The zero-order valence-corrected chi connectivity index (χ0v) is 10.7. The fraction of sp³-hybridized carbons (Fsp3) is 0.429. The van der Waals surface area contributed by atoms with Gasteiger partial charge in [-0.3, -0.25) is 14.0 Å². The van der Waals surface area contributed by atoms with Crippen molar-refractivity contribution in [2.75, 3.05) is 13.1 Å². The summed E-state index contributed by atoms with van der Waals surface area (Å²) >= 11 is 0. The Hall–Kier alpha value is -1.88. The number of hydrogen-bond donors (Lipinski definition) is 2. The molecule has 0 saturated carbocycles. The van der Waals surface area contributed by atoms with Crippen molar-refractivity contribution in [3.8, 4) is 0 Å². The number of nitrogens with zero attached hydrogens (tertiary/aromatic N) is 1. The second-order valence-corrected chi connectivity index (χ2v) is 5.17. The number of rotatable bonds is 2. The molecule has 3 heterocycles. The molecule has 1 fully saturated rings. The molecule has 0 radical (unpaired) electrons. The average molecular weight is 259 g/mol. The van der Waals surface area contributed by atoms with Crippen molar-refractivity contribution in [3.05, 3.63) is 50.7 Å². The van der Waals surface area contributed by atoms with E-state index in [9.17, 15) is 9.59 Å². The van der Waals surface area contributed by atoms with Crippen LogP contribution in [0.2, 0.25) is 0 Å². The van der Waals surface area contributed by atoms with Crippen LogP contribution in [0.15, 0.2) is 34.0 Å².